The summed E-state index contributed by atoms with van der Waals surface area (Å²) in [6.07, 6.45) is 3.73. The molecule has 1 radical (unpaired) electrons. The number of piperazine rings is 1. The number of hydrogen-bond acceptors (Lipinski definition) is 3. The SMILES string of the molecule is C[C](C)CN1CCN(c2ccc(-c3cccnc3)cc2)CC1. The third kappa shape index (κ3) is 3.66. The molecular weight excluding hydrogens is 270 g/mol. The van der Waals surface area contributed by atoms with Crippen LogP contribution in [0.1, 0.15) is 13.8 Å². The van der Waals surface area contributed by atoms with Gasteiger partial charge in [0.1, 0.15) is 0 Å². The molecular formula is C19H24N3. The Morgan fingerprint density at radius 3 is 2.27 bits per heavy atom. The molecule has 0 N–H and O–H groups in total. The van der Waals surface area contributed by atoms with Gasteiger partial charge in [0.2, 0.25) is 0 Å². The fraction of sp³-hybridized carbons (Fsp3) is 0.368. The molecule has 2 heterocycles. The number of nitrogens with zero attached hydrogens (tertiary/aromatic N) is 3. The van der Waals surface area contributed by atoms with Gasteiger partial charge in [0.05, 0.1) is 0 Å². The van der Waals surface area contributed by atoms with Crippen molar-refractivity contribution < 1.29 is 0 Å². The van der Waals surface area contributed by atoms with E-state index in [9.17, 15) is 0 Å². The number of anilines is 1. The van der Waals surface area contributed by atoms with Crippen molar-refractivity contribution in [1.82, 2.24) is 9.88 Å². The van der Waals surface area contributed by atoms with Crippen LogP contribution >= 0.6 is 0 Å². The molecule has 0 saturated carbocycles. The van der Waals surface area contributed by atoms with E-state index in [1.807, 2.05) is 18.5 Å². The second kappa shape index (κ2) is 6.93. The summed E-state index contributed by atoms with van der Waals surface area (Å²) in [7, 11) is 0. The molecule has 3 nitrogen and oxygen atoms in total. The Kier molecular flexibility index (Phi) is 4.74. The first-order valence-corrected chi connectivity index (χ1v) is 7.99. The predicted octanol–water partition coefficient (Wildman–Crippen LogP) is 3.48. The molecule has 115 valence electrons. The van der Waals surface area contributed by atoms with E-state index in [2.05, 4.69) is 59.0 Å². The summed E-state index contributed by atoms with van der Waals surface area (Å²) >= 11 is 0. The van der Waals surface area contributed by atoms with Crippen molar-refractivity contribution in [3.8, 4) is 11.1 Å². The van der Waals surface area contributed by atoms with Gasteiger partial charge in [-0.2, -0.15) is 0 Å². The van der Waals surface area contributed by atoms with Crippen LogP contribution < -0.4 is 4.90 Å². The fourth-order valence-electron chi connectivity index (χ4n) is 3.01. The maximum absolute atomic E-state index is 4.19. The van der Waals surface area contributed by atoms with Crippen molar-refractivity contribution in [2.24, 2.45) is 0 Å². The molecule has 0 amide bonds. The zero-order valence-corrected chi connectivity index (χ0v) is 13.5. The fourth-order valence-corrected chi connectivity index (χ4v) is 3.01. The Labute approximate surface area is 133 Å². The standard InChI is InChI=1S/C19H24N3/c1-16(2)15-21-10-12-22(13-11-21)19-7-5-17(6-8-19)18-4-3-9-20-14-18/h3-9,14H,10-13,15H2,1-2H3. The smallest absolute Gasteiger partial charge is 0.0367 e. The Bertz CT molecular complexity index is 569. The largest absolute Gasteiger partial charge is 0.369 e. The van der Waals surface area contributed by atoms with Crippen LogP contribution in [0.2, 0.25) is 0 Å². The summed E-state index contributed by atoms with van der Waals surface area (Å²) in [5, 5.41) is 0. The third-order valence-corrected chi connectivity index (χ3v) is 4.14. The van der Waals surface area contributed by atoms with Gasteiger partial charge in [0.15, 0.2) is 0 Å². The average molecular weight is 294 g/mol. The molecule has 1 saturated heterocycles. The molecule has 1 aliphatic heterocycles. The molecule has 0 aliphatic carbocycles. The monoisotopic (exact) mass is 294 g/mol. The summed E-state index contributed by atoms with van der Waals surface area (Å²) < 4.78 is 0. The quantitative estimate of drug-likeness (QED) is 0.860. The van der Waals surface area contributed by atoms with Crippen molar-refractivity contribution in [2.45, 2.75) is 13.8 Å². The molecule has 1 fully saturated rings. The number of benzene rings is 1. The van der Waals surface area contributed by atoms with Gasteiger partial charge in [0, 0.05) is 50.8 Å². The molecule has 2 aromatic rings. The van der Waals surface area contributed by atoms with Gasteiger partial charge in [-0.1, -0.05) is 32.0 Å². The Balaban J connectivity index is 1.62. The molecule has 1 aliphatic rings. The third-order valence-electron chi connectivity index (χ3n) is 4.14. The lowest BCUT2D eigenvalue weighted by Crippen LogP contribution is -2.47. The second-order valence-electron chi connectivity index (χ2n) is 6.26. The second-order valence-corrected chi connectivity index (χ2v) is 6.26. The normalized spacial score (nSPS) is 16.2. The summed E-state index contributed by atoms with van der Waals surface area (Å²) in [6, 6.07) is 12.9. The number of pyridine rings is 1. The molecule has 1 aromatic carbocycles. The van der Waals surface area contributed by atoms with Crippen molar-refractivity contribution in [1.29, 1.82) is 0 Å². The van der Waals surface area contributed by atoms with Crippen molar-refractivity contribution >= 4 is 5.69 Å². The molecule has 22 heavy (non-hydrogen) atoms. The molecule has 0 bridgehead atoms. The van der Waals surface area contributed by atoms with Crippen molar-refractivity contribution in [2.75, 3.05) is 37.6 Å². The van der Waals surface area contributed by atoms with Crippen LogP contribution in [-0.4, -0.2) is 42.6 Å². The maximum Gasteiger partial charge on any atom is 0.0367 e. The minimum absolute atomic E-state index is 1.11. The summed E-state index contributed by atoms with van der Waals surface area (Å²) in [4.78, 5) is 9.21. The first-order valence-electron chi connectivity index (χ1n) is 7.99. The lowest BCUT2D eigenvalue weighted by Gasteiger charge is -2.36. The highest BCUT2D eigenvalue weighted by Gasteiger charge is 2.17. The van der Waals surface area contributed by atoms with E-state index in [1.165, 1.54) is 22.7 Å². The summed E-state index contributed by atoms with van der Waals surface area (Å²) in [5.74, 6) is 1.49. The highest BCUT2D eigenvalue weighted by atomic mass is 15.3. The van der Waals surface area contributed by atoms with Crippen molar-refractivity contribution in [3.05, 3.63) is 54.7 Å². The van der Waals surface area contributed by atoms with Crippen LogP contribution in [0.5, 0.6) is 0 Å². The number of hydrogen-bond donors (Lipinski definition) is 0. The molecule has 0 unspecified atom stereocenters. The van der Waals surface area contributed by atoms with Gasteiger partial charge >= 0.3 is 0 Å². The Hall–Kier alpha value is -1.87. The van der Waals surface area contributed by atoms with Gasteiger partial charge in [-0.3, -0.25) is 9.88 Å². The van der Waals surface area contributed by atoms with Gasteiger partial charge in [-0.25, -0.2) is 0 Å². The lowest BCUT2D eigenvalue weighted by molar-refractivity contribution is 0.267. The number of aromatic nitrogens is 1. The van der Waals surface area contributed by atoms with Crippen LogP contribution in [0.4, 0.5) is 5.69 Å². The highest BCUT2D eigenvalue weighted by molar-refractivity contribution is 5.65. The van der Waals surface area contributed by atoms with Crippen LogP contribution in [0, 0.1) is 5.92 Å². The number of rotatable bonds is 4. The average Bonchev–Trinajstić information content (AvgIpc) is 2.56. The summed E-state index contributed by atoms with van der Waals surface area (Å²) in [5.41, 5.74) is 3.73. The topological polar surface area (TPSA) is 19.4 Å². The van der Waals surface area contributed by atoms with Gasteiger partial charge < -0.3 is 4.90 Å². The first kappa shape index (κ1) is 15.0. The highest BCUT2D eigenvalue weighted by Crippen LogP contribution is 2.23. The van der Waals surface area contributed by atoms with E-state index < -0.39 is 0 Å². The van der Waals surface area contributed by atoms with Crippen molar-refractivity contribution in [3.63, 3.8) is 0 Å². The van der Waals surface area contributed by atoms with Crippen LogP contribution in [0.15, 0.2) is 48.8 Å². The molecule has 0 atom stereocenters. The van der Waals surface area contributed by atoms with E-state index in [-0.39, 0.29) is 0 Å². The van der Waals surface area contributed by atoms with E-state index in [0.29, 0.717) is 0 Å². The predicted molar refractivity (Wildman–Crippen MR) is 92.9 cm³/mol. The van der Waals surface area contributed by atoms with E-state index in [0.717, 1.165) is 32.7 Å². The van der Waals surface area contributed by atoms with Gasteiger partial charge in [-0.05, 0) is 35.2 Å². The molecule has 1 aromatic heterocycles. The van der Waals surface area contributed by atoms with Gasteiger partial charge in [0.25, 0.3) is 0 Å². The van der Waals surface area contributed by atoms with Crippen LogP contribution in [-0.2, 0) is 0 Å². The van der Waals surface area contributed by atoms with E-state index in [1.54, 1.807) is 0 Å². The zero-order valence-electron chi connectivity index (χ0n) is 13.5. The Morgan fingerprint density at radius 1 is 0.955 bits per heavy atom. The molecule has 3 rings (SSSR count). The lowest BCUT2D eigenvalue weighted by atomic mass is 10.1. The van der Waals surface area contributed by atoms with Crippen LogP contribution in [0.25, 0.3) is 11.1 Å². The molecule has 3 heteroatoms. The molecule has 0 spiro atoms. The van der Waals surface area contributed by atoms with Crippen LogP contribution in [0.3, 0.4) is 0 Å². The Morgan fingerprint density at radius 2 is 1.68 bits per heavy atom. The minimum Gasteiger partial charge on any atom is -0.369 e. The first-order chi connectivity index (χ1) is 10.7. The summed E-state index contributed by atoms with van der Waals surface area (Å²) in [6.45, 7) is 10.1. The van der Waals surface area contributed by atoms with E-state index >= 15 is 0 Å². The van der Waals surface area contributed by atoms with E-state index in [4.69, 9.17) is 0 Å². The van der Waals surface area contributed by atoms with Gasteiger partial charge in [-0.15, -0.1) is 0 Å². The zero-order chi connectivity index (χ0) is 15.4. The minimum atomic E-state index is 1.11. The maximum atomic E-state index is 4.19.